The highest BCUT2D eigenvalue weighted by Crippen LogP contribution is 2.46. The quantitative estimate of drug-likeness (QED) is 0.333. The summed E-state index contributed by atoms with van der Waals surface area (Å²) in [7, 11) is 1.37. The molecule has 0 amide bonds. The molecule has 5 rings (SSSR count). The lowest BCUT2D eigenvalue weighted by Gasteiger charge is -2.44. The lowest BCUT2D eigenvalue weighted by molar-refractivity contribution is -0.134. The molecule has 0 saturated heterocycles. The number of fused-ring (bicyclic) bond motifs is 1. The molecule has 0 radical (unpaired) electrons. The van der Waals surface area contributed by atoms with Crippen LogP contribution >= 0.6 is 11.6 Å². The van der Waals surface area contributed by atoms with Crippen molar-refractivity contribution in [1.82, 2.24) is 0 Å². The van der Waals surface area contributed by atoms with E-state index in [1.165, 1.54) is 31.6 Å². The van der Waals surface area contributed by atoms with Gasteiger partial charge < -0.3 is 14.7 Å². The van der Waals surface area contributed by atoms with Gasteiger partial charge in [-0.05, 0) is 90.3 Å². The molecule has 34 heavy (non-hydrogen) atoms. The summed E-state index contributed by atoms with van der Waals surface area (Å²) in [5.41, 5.74) is 6.70. The smallest absolute Gasteiger partial charge is 0.330 e. The fourth-order valence-corrected chi connectivity index (χ4v) is 5.28. The van der Waals surface area contributed by atoms with E-state index in [1.807, 2.05) is 24.3 Å². The molecule has 0 aromatic heterocycles. The number of rotatable bonds is 5. The van der Waals surface area contributed by atoms with E-state index in [0.29, 0.717) is 5.92 Å². The molecule has 1 aliphatic heterocycles. The van der Waals surface area contributed by atoms with Gasteiger partial charge in [0, 0.05) is 12.1 Å². The van der Waals surface area contributed by atoms with Gasteiger partial charge in [0.2, 0.25) is 0 Å². The van der Waals surface area contributed by atoms with Crippen LogP contribution in [0.3, 0.4) is 0 Å². The summed E-state index contributed by atoms with van der Waals surface area (Å²) < 4.78 is 4.69. The Morgan fingerprint density at radius 1 is 1.06 bits per heavy atom. The van der Waals surface area contributed by atoms with Crippen LogP contribution in [0.5, 0.6) is 5.75 Å². The highest BCUT2D eigenvalue weighted by atomic mass is 35.5. The van der Waals surface area contributed by atoms with Gasteiger partial charge in [-0.3, -0.25) is 0 Å². The Balaban J connectivity index is 1.57. The van der Waals surface area contributed by atoms with Gasteiger partial charge >= 0.3 is 5.97 Å². The lowest BCUT2D eigenvalue weighted by atomic mass is 9.84. The van der Waals surface area contributed by atoms with Crippen molar-refractivity contribution < 1.29 is 14.6 Å². The number of halogens is 1. The Kier molecular flexibility index (Phi) is 6.09. The zero-order valence-electron chi connectivity index (χ0n) is 19.4. The van der Waals surface area contributed by atoms with Crippen molar-refractivity contribution in [3.8, 4) is 5.75 Å². The van der Waals surface area contributed by atoms with E-state index >= 15 is 0 Å². The summed E-state index contributed by atoms with van der Waals surface area (Å²) >= 11 is 6.88. The van der Waals surface area contributed by atoms with Crippen LogP contribution in [0.2, 0.25) is 5.02 Å². The van der Waals surface area contributed by atoms with Gasteiger partial charge in [0.1, 0.15) is 5.75 Å². The number of aromatic hydroxyl groups is 1. The third kappa shape index (κ3) is 4.43. The second-order valence-corrected chi connectivity index (χ2v) is 9.66. The van der Waals surface area contributed by atoms with Gasteiger partial charge in [-0.2, -0.15) is 0 Å². The van der Waals surface area contributed by atoms with Gasteiger partial charge in [-0.1, -0.05) is 48.0 Å². The minimum Gasteiger partial charge on any atom is -0.508 e. The zero-order chi connectivity index (χ0) is 23.8. The average Bonchev–Trinajstić information content (AvgIpc) is 3.68. The summed E-state index contributed by atoms with van der Waals surface area (Å²) in [6.07, 6.45) is 6.47. The van der Waals surface area contributed by atoms with E-state index in [0.717, 1.165) is 39.4 Å². The molecule has 1 N–H and O–H groups in total. The van der Waals surface area contributed by atoms with Crippen molar-refractivity contribution in [1.29, 1.82) is 0 Å². The molecule has 0 spiro atoms. The Morgan fingerprint density at radius 3 is 2.47 bits per heavy atom. The molecule has 2 aliphatic rings. The SMILES string of the molecule is COC(=O)/C=C/c1ccc(C2c3ccc(O)cc3CC(C)N2c2ccc(C3CC3)cc2Cl)cc1. The molecular formula is C29H28ClNO3. The number of hydrogen-bond donors (Lipinski definition) is 1. The fourth-order valence-electron chi connectivity index (χ4n) is 5.00. The van der Waals surface area contributed by atoms with Crippen molar-refractivity contribution in [3.05, 3.63) is 99.6 Å². The first-order valence-corrected chi connectivity index (χ1v) is 12.1. The van der Waals surface area contributed by atoms with Crippen LogP contribution in [0.1, 0.15) is 59.5 Å². The van der Waals surface area contributed by atoms with Crippen LogP contribution in [-0.4, -0.2) is 24.2 Å². The third-order valence-corrected chi connectivity index (χ3v) is 7.16. The number of phenolic OH excluding ortho intramolecular Hbond substituents is 1. The Bertz CT molecular complexity index is 1250. The maximum Gasteiger partial charge on any atom is 0.330 e. The zero-order valence-corrected chi connectivity index (χ0v) is 20.1. The van der Waals surface area contributed by atoms with Gasteiger partial charge in [-0.25, -0.2) is 4.79 Å². The number of esters is 1. The van der Waals surface area contributed by atoms with Crippen LogP contribution in [-0.2, 0) is 16.0 Å². The normalized spacial score (nSPS) is 19.8. The van der Waals surface area contributed by atoms with E-state index in [-0.39, 0.29) is 23.8 Å². The average molecular weight is 474 g/mol. The number of hydrogen-bond acceptors (Lipinski definition) is 4. The highest BCUT2D eigenvalue weighted by molar-refractivity contribution is 6.33. The van der Waals surface area contributed by atoms with Crippen molar-refractivity contribution in [2.24, 2.45) is 0 Å². The fraction of sp³-hybridized carbons (Fsp3) is 0.276. The third-order valence-electron chi connectivity index (χ3n) is 6.85. The molecular weight excluding hydrogens is 446 g/mol. The van der Waals surface area contributed by atoms with Crippen LogP contribution in [0.25, 0.3) is 6.08 Å². The predicted molar refractivity (Wildman–Crippen MR) is 137 cm³/mol. The summed E-state index contributed by atoms with van der Waals surface area (Å²) in [6.45, 7) is 2.21. The van der Waals surface area contributed by atoms with Crippen LogP contribution in [0, 0.1) is 0 Å². The number of carbonyl (C=O) groups excluding carboxylic acids is 1. The topological polar surface area (TPSA) is 49.8 Å². The molecule has 1 heterocycles. The molecule has 0 bridgehead atoms. The predicted octanol–water partition coefficient (Wildman–Crippen LogP) is 6.65. The van der Waals surface area contributed by atoms with E-state index in [9.17, 15) is 9.90 Å². The number of nitrogens with zero attached hydrogens (tertiary/aromatic N) is 1. The molecule has 5 heteroatoms. The first-order valence-electron chi connectivity index (χ1n) is 11.7. The molecule has 4 nitrogen and oxygen atoms in total. The number of methoxy groups -OCH3 is 1. The van der Waals surface area contributed by atoms with E-state index in [1.54, 1.807) is 12.1 Å². The van der Waals surface area contributed by atoms with Crippen molar-refractivity contribution >= 4 is 29.3 Å². The molecule has 1 fully saturated rings. The standard InChI is InChI=1S/C29H28ClNO3/c1-18-15-23-16-24(32)11-12-25(23)29(21-6-3-19(4-7-21)5-14-28(33)34-2)31(18)27-13-10-22(17-26(27)30)20-8-9-20/h3-7,10-14,16-18,20,29,32H,8-9,15H2,1-2H3/b14-5+. The van der Waals surface area contributed by atoms with Crippen molar-refractivity contribution in [2.45, 2.75) is 44.2 Å². The maximum atomic E-state index is 11.5. The summed E-state index contributed by atoms with van der Waals surface area (Å²) in [6, 6.07) is 20.5. The second-order valence-electron chi connectivity index (χ2n) is 9.25. The van der Waals surface area contributed by atoms with E-state index < -0.39 is 0 Å². The largest absolute Gasteiger partial charge is 0.508 e. The first-order chi connectivity index (χ1) is 16.4. The summed E-state index contributed by atoms with van der Waals surface area (Å²) in [5.74, 6) is 0.554. The number of anilines is 1. The first kappa shape index (κ1) is 22.5. The Morgan fingerprint density at radius 2 is 1.79 bits per heavy atom. The van der Waals surface area contributed by atoms with E-state index in [2.05, 4.69) is 46.9 Å². The number of benzene rings is 3. The van der Waals surface area contributed by atoms with Gasteiger partial charge in [0.05, 0.1) is 23.9 Å². The van der Waals surface area contributed by atoms with E-state index in [4.69, 9.17) is 11.6 Å². The molecule has 1 saturated carbocycles. The second kappa shape index (κ2) is 9.19. The lowest BCUT2D eigenvalue weighted by Crippen LogP contribution is -2.43. The highest BCUT2D eigenvalue weighted by Gasteiger charge is 2.35. The van der Waals surface area contributed by atoms with Gasteiger partial charge in [0.15, 0.2) is 0 Å². The van der Waals surface area contributed by atoms with Gasteiger partial charge in [-0.15, -0.1) is 0 Å². The molecule has 3 aromatic carbocycles. The minimum absolute atomic E-state index is 0.0535. The number of ether oxygens (including phenoxy) is 1. The molecule has 2 atom stereocenters. The van der Waals surface area contributed by atoms with Crippen LogP contribution in [0.4, 0.5) is 5.69 Å². The summed E-state index contributed by atoms with van der Waals surface area (Å²) in [5, 5.41) is 10.9. The van der Waals surface area contributed by atoms with Gasteiger partial charge in [0.25, 0.3) is 0 Å². The monoisotopic (exact) mass is 473 g/mol. The molecule has 174 valence electrons. The Labute approximate surface area is 205 Å². The van der Waals surface area contributed by atoms with Crippen LogP contribution in [0.15, 0.2) is 66.7 Å². The summed E-state index contributed by atoms with van der Waals surface area (Å²) in [4.78, 5) is 13.9. The number of phenols is 1. The maximum absolute atomic E-state index is 11.5. The minimum atomic E-state index is -0.380. The van der Waals surface area contributed by atoms with Crippen molar-refractivity contribution in [2.75, 3.05) is 12.0 Å². The molecule has 3 aromatic rings. The molecule has 1 aliphatic carbocycles. The van der Waals surface area contributed by atoms with Crippen LogP contribution < -0.4 is 4.90 Å². The molecule has 2 unspecified atom stereocenters. The number of carbonyl (C=O) groups is 1. The van der Waals surface area contributed by atoms with Crippen molar-refractivity contribution in [3.63, 3.8) is 0 Å². The Hall–Kier alpha value is -3.24.